The molecule has 0 saturated carbocycles. The van der Waals surface area contributed by atoms with E-state index in [1.165, 1.54) is 0 Å². The fraction of sp³-hybridized carbons (Fsp3) is 0.154. The van der Waals surface area contributed by atoms with E-state index < -0.39 is 6.04 Å². The number of aromatic amines is 1. The molecule has 3 N–H and O–H groups in total. The normalized spacial score (nSPS) is 12.1. The van der Waals surface area contributed by atoms with Gasteiger partial charge in [-0.3, -0.25) is 4.79 Å². The summed E-state index contributed by atoms with van der Waals surface area (Å²) in [6.07, 6.45) is 3.27. The Bertz CT molecular complexity index is 508. The van der Waals surface area contributed by atoms with Gasteiger partial charge in [0.2, 0.25) is 0 Å². The first-order valence-corrected chi connectivity index (χ1v) is 5.88. The molecule has 94 valence electrons. The number of amides is 1. The molecule has 0 aliphatic rings. The second kappa shape index (κ2) is 5.71. The van der Waals surface area contributed by atoms with E-state index >= 15 is 0 Å². The fourth-order valence-corrected chi connectivity index (χ4v) is 1.76. The van der Waals surface area contributed by atoms with E-state index in [1.807, 2.05) is 0 Å². The molecular weight excluding hydrogens is 252 g/mol. The van der Waals surface area contributed by atoms with Crippen molar-refractivity contribution in [1.29, 1.82) is 0 Å². The molecule has 1 amide bonds. The van der Waals surface area contributed by atoms with E-state index in [-0.39, 0.29) is 12.5 Å². The molecule has 0 aliphatic carbocycles. The molecule has 4 nitrogen and oxygen atoms in total. The van der Waals surface area contributed by atoms with Gasteiger partial charge in [-0.15, -0.1) is 0 Å². The third-order valence-electron chi connectivity index (χ3n) is 2.62. The van der Waals surface area contributed by atoms with Crippen LogP contribution in [-0.4, -0.2) is 22.6 Å². The van der Waals surface area contributed by atoms with Crippen LogP contribution in [0.5, 0.6) is 0 Å². The van der Waals surface area contributed by atoms with Crippen LogP contribution in [0.25, 0.3) is 0 Å². The maximum absolute atomic E-state index is 11.8. The topological polar surface area (TPSA) is 65.1 Å². The van der Waals surface area contributed by atoms with Gasteiger partial charge in [0.05, 0.1) is 18.2 Å². The summed E-state index contributed by atoms with van der Waals surface area (Å²) in [6, 6.07) is 8.24. The summed E-state index contributed by atoms with van der Waals surface area (Å²) in [4.78, 5) is 14.7. The molecule has 0 radical (unpaired) electrons. The molecule has 1 unspecified atom stereocenters. The van der Waals surface area contributed by atoms with Gasteiger partial charge >= 0.3 is 0 Å². The zero-order valence-corrected chi connectivity index (χ0v) is 10.3. The molecule has 5 heteroatoms. The van der Waals surface area contributed by atoms with Gasteiger partial charge in [-0.05, 0) is 23.8 Å². The zero-order chi connectivity index (χ0) is 13.0. The molecule has 1 aromatic heterocycles. The minimum atomic E-state index is -0.440. The van der Waals surface area contributed by atoms with Crippen LogP contribution in [-0.2, 0) is 0 Å². The predicted octanol–water partition coefficient (Wildman–Crippen LogP) is 2.13. The van der Waals surface area contributed by atoms with Crippen molar-refractivity contribution in [3.63, 3.8) is 0 Å². The van der Waals surface area contributed by atoms with Crippen molar-refractivity contribution >= 4 is 17.5 Å². The van der Waals surface area contributed by atoms with Gasteiger partial charge in [0.15, 0.2) is 0 Å². The maximum Gasteiger partial charge on any atom is 0.253 e. The molecule has 0 bridgehead atoms. The number of aliphatic hydroxyl groups is 1. The van der Waals surface area contributed by atoms with Crippen molar-refractivity contribution < 1.29 is 9.90 Å². The minimum Gasteiger partial charge on any atom is -0.394 e. The summed E-state index contributed by atoms with van der Waals surface area (Å²) >= 11 is 5.79. The van der Waals surface area contributed by atoms with E-state index in [4.69, 9.17) is 11.6 Å². The Morgan fingerprint density at radius 2 is 2.06 bits per heavy atom. The number of H-pyrrole nitrogens is 1. The number of benzene rings is 1. The lowest BCUT2D eigenvalue weighted by Crippen LogP contribution is -2.30. The lowest BCUT2D eigenvalue weighted by Gasteiger charge is -2.16. The molecular formula is C13H13ClN2O2. The van der Waals surface area contributed by atoms with Crippen molar-refractivity contribution in [3.8, 4) is 0 Å². The number of hydrogen-bond donors (Lipinski definition) is 3. The van der Waals surface area contributed by atoms with Crippen LogP contribution in [0.1, 0.15) is 22.0 Å². The number of carbonyl (C=O) groups is 1. The van der Waals surface area contributed by atoms with E-state index in [0.29, 0.717) is 10.6 Å². The van der Waals surface area contributed by atoms with Crippen LogP contribution in [0.4, 0.5) is 0 Å². The highest BCUT2D eigenvalue weighted by Crippen LogP contribution is 2.16. The van der Waals surface area contributed by atoms with Crippen LogP contribution >= 0.6 is 11.6 Å². The van der Waals surface area contributed by atoms with Gasteiger partial charge < -0.3 is 15.4 Å². The Morgan fingerprint density at radius 1 is 1.33 bits per heavy atom. The molecule has 1 heterocycles. The Kier molecular flexibility index (Phi) is 4.02. The average Bonchev–Trinajstić information content (AvgIpc) is 2.91. The third-order valence-corrected chi connectivity index (χ3v) is 2.87. The summed E-state index contributed by atoms with van der Waals surface area (Å²) in [5.74, 6) is -0.231. The highest BCUT2D eigenvalue weighted by atomic mass is 35.5. The second-order valence-electron chi connectivity index (χ2n) is 3.86. The lowest BCUT2D eigenvalue weighted by atomic mass is 10.1. The smallest absolute Gasteiger partial charge is 0.253 e. The number of carbonyl (C=O) groups excluding carboxylic acids is 1. The van der Waals surface area contributed by atoms with Gasteiger partial charge in [-0.25, -0.2) is 0 Å². The van der Waals surface area contributed by atoms with Gasteiger partial charge in [-0.2, -0.15) is 0 Å². The molecule has 0 spiro atoms. The van der Waals surface area contributed by atoms with Gasteiger partial charge in [-0.1, -0.05) is 23.7 Å². The van der Waals surface area contributed by atoms with Crippen molar-refractivity contribution in [3.05, 3.63) is 58.9 Å². The second-order valence-corrected chi connectivity index (χ2v) is 4.30. The van der Waals surface area contributed by atoms with E-state index in [2.05, 4.69) is 10.3 Å². The number of aromatic nitrogens is 1. The largest absolute Gasteiger partial charge is 0.394 e. The zero-order valence-electron chi connectivity index (χ0n) is 9.56. The summed E-state index contributed by atoms with van der Waals surface area (Å²) in [7, 11) is 0. The lowest BCUT2D eigenvalue weighted by molar-refractivity contribution is 0.0916. The molecule has 2 aromatic rings. The molecule has 0 saturated heterocycles. The van der Waals surface area contributed by atoms with Crippen LogP contribution < -0.4 is 5.32 Å². The first-order chi connectivity index (χ1) is 8.70. The van der Waals surface area contributed by atoms with Crippen molar-refractivity contribution in [1.82, 2.24) is 10.3 Å². The van der Waals surface area contributed by atoms with Crippen LogP contribution in [0, 0.1) is 0 Å². The summed E-state index contributed by atoms with van der Waals surface area (Å²) in [6.45, 7) is -0.169. The summed E-state index contributed by atoms with van der Waals surface area (Å²) < 4.78 is 0. The monoisotopic (exact) mass is 264 g/mol. The molecule has 18 heavy (non-hydrogen) atoms. The van der Waals surface area contributed by atoms with Gasteiger partial charge in [0.1, 0.15) is 0 Å². The number of aliphatic hydroxyl groups excluding tert-OH is 1. The molecule has 0 fully saturated rings. The SMILES string of the molecule is O=C(NC(CO)c1ccc(Cl)cc1)c1cc[nH]c1. The highest BCUT2D eigenvalue weighted by Gasteiger charge is 2.14. The first kappa shape index (κ1) is 12.7. The maximum atomic E-state index is 11.8. The summed E-state index contributed by atoms with van der Waals surface area (Å²) in [5.41, 5.74) is 1.34. The minimum absolute atomic E-state index is 0.169. The fourth-order valence-electron chi connectivity index (χ4n) is 1.64. The van der Waals surface area contributed by atoms with Crippen molar-refractivity contribution in [2.45, 2.75) is 6.04 Å². The standard InChI is InChI=1S/C13H13ClN2O2/c14-11-3-1-9(2-4-11)12(8-17)16-13(18)10-5-6-15-7-10/h1-7,12,15,17H,8H2,(H,16,18). The third kappa shape index (κ3) is 2.91. The van der Waals surface area contributed by atoms with Crippen molar-refractivity contribution in [2.24, 2.45) is 0 Å². The van der Waals surface area contributed by atoms with Crippen LogP contribution in [0.15, 0.2) is 42.7 Å². The number of nitrogens with one attached hydrogen (secondary N) is 2. The van der Waals surface area contributed by atoms with Gasteiger partial charge in [0, 0.05) is 17.4 Å². The molecule has 2 rings (SSSR count). The van der Waals surface area contributed by atoms with E-state index in [9.17, 15) is 9.90 Å². The number of halogens is 1. The molecule has 1 atom stereocenters. The Morgan fingerprint density at radius 3 is 2.61 bits per heavy atom. The quantitative estimate of drug-likeness (QED) is 0.792. The van der Waals surface area contributed by atoms with Crippen LogP contribution in [0.3, 0.4) is 0 Å². The summed E-state index contributed by atoms with van der Waals surface area (Å²) in [5, 5.41) is 12.7. The first-order valence-electron chi connectivity index (χ1n) is 5.50. The molecule has 1 aromatic carbocycles. The average molecular weight is 265 g/mol. The Hall–Kier alpha value is -1.78. The Labute approximate surface area is 110 Å². The predicted molar refractivity (Wildman–Crippen MR) is 69.5 cm³/mol. The Balaban J connectivity index is 2.10. The number of hydrogen-bond acceptors (Lipinski definition) is 2. The van der Waals surface area contributed by atoms with Crippen molar-refractivity contribution in [2.75, 3.05) is 6.61 Å². The highest BCUT2D eigenvalue weighted by molar-refractivity contribution is 6.30. The van der Waals surface area contributed by atoms with E-state index in [1.54, 1.807) is 42.7 Å². The van der Waals surface area contributed by atoms with Crippen LogP contribution in [0.2, 0.25) is 5.02 Å². The van der Waals surface area contributed by atoms with E-state index in [0.717, 1.165) is 5.56 Å². The number of rotatable bonds is 4. The molecule has 0 aliphatic heterocycles. The van der Waals surface area contributed by atoms with Gasteiger partial charge in [0.25, 0.3) is 5.91 Å².